The summed E-state index contributed by atoms with van der Waals surface area (Å²) in [6, 6.07) is 13.0. The molecule has 2 heterocycles. The Labute approximate surface area is 103 Å². The molecule has 1 atom stereocenters. The van der Waals surface area contributed by atoms with Crippen LogP contribution in [0.15, 0.2) is 59.3 Å². The summed E-state index contributed by atoms with van der Waals surface area (Å²) in [5.74, 6) is 0.467. The van der Waals surface area contributed by atoms with Crippen molar-refractivity contribution in [2.75, 3.05) is 0 Å². The molecule has 5 nitrogen and oxygen atoms in total. The van der Waals surface area contributed by atoms with E-state index < -0.39 is 6.10 Å². The van der Waals surface area contributed by atoms with Gasteiger partial charge in [-0.25, -0.2) is 4.68 Å². The SMILES string of the molecule is OC(c1ccco1)c1cnnn1-c1ccccc1. The van der Waals surface area contributed by atoms with E-state index in [1.54, 1.807) is 16.8 Å². The lowest BCUT2D eigenvalue weighted by Gasteiger charge is -2.09. The first-order valence-corrected chi connectivity index (χ1v) is 5.54. The minimum absolute atomic E-state index is 0.467. The molecule has 0 radical (unpaired) electrons. The number of aliphatic hydroxyl groups is 1. The second-order valence-corrected chi connectivity index (χ2v) is 3.82. The Hall–Kier alpha value is -2.40. The van der Waals surface area contributed by atoms with Gasteiger partial charge >= 0.3 is 0 Å². The highest BCUT2D eigenvalue weighted by Crippen LogP contribution is 2.23. The van der Waals surface area contributed by atoms with Crippen molar-refractivity contribution in [1.29, 1.82) is 0 Å². The molecule has 90 valence electrons. The first-order valence-electron chi connectivity index (χ1n) is 5.54. The van der Waals surface area contributed by atoms with Gasteiger partial charge in [-0.3, -0.25) is 0 Å². The zero-order valence-corrected chi connectivity index (χ0v) is 9.47. The van der Waals surface area contributed by atoms with E-state index in [1.165, 1.54) is 12.5 Å². The fourth-order valence-electron chi connectivity index (χ4n) is 1.79. The lowest BCUT2D eigenvalue weighted by molar-refractivity contribution is 0.182. The average Bonchev–Trinajstić information content (AvgIpc) is 3.10. The van der Waals surface area contributed by atoms with Crippen LogP contribution in [-0.4, -0.2) is 20.1 Å². The Morgan fingerprint density at radius 1 is 1.11 bits per heavy atom. The fraction of sp³-hybridized carbons (Fsp3) is 0.0769. The van der Waals surface area contributed by atoms with Crippen LogP contribution >= 0.6 is 0 Å². The van der Waals surface area contributed by atoms with E-state index in [9.17, 15) is 5.11 Å². The average molecular weight is 241 g/mol. The Balaban J connectivity index is 2.02. The monoisotopic (exact) mass is 241 g/mol. The van der Waals surface area contributed by atoms with E-state index in [0.717, 1.165) is 5.69 Å². The van der Waals surface area contributed by atoms with Crippen molar-refractivity contribution in [2.45, 2.75) is 6.10 Å². The van der Waals surface area contributed by atoms with Crippen LogP contribution in [0.2, 0.25) is 0 Å². The van der Waals surface area contributed by atoms with Gasteiger partial charge in [-0.1, -0.05) is 23.4 Å². The molecule has 1 N–H and O–H groups in total. The first-order chi connectivity index (χ1) is 8.86. The van der Waals surface area contributed by atoms with Crippen LogP contribution in [0.1, 0.15) is 17.6 Å². The van der Waals surface area contributed by atoms with Gasteiger partial charge in [0.25, 0.3) is 0 Å². The summed E-state index contributed by atoms with van der Waals surface area (Å²) >= 11 is 0. The van der Waals surface area contributed by atoms with Gasteiger partial charge in [-0.05, 0) is 24.3 Å². The van der Waals surface area contributed by atoms with Gasteiger partial charge in [-0.15, -0.1) is 5.10 Å². The molecule has 0 amide bonds. The number of aliphatic hydroxyl groups excluding tert-OH is 1. The summed E-state index contributed by atoms with van der Waals surface area (Å²) in [5, 5.41) is 18.0. The molecule has 0 aliphatic heterocycles. The van der Waals surface area contributed by atoms with Crippen molar-refractivity contribution in [3.63, 3.8) is 0 Å². The molecule has 2 aromatic heterocycles. The third kappa shape index (κ3) is 1.80. The molecule has 0 spiro atoms. The highest BCUT2D eigenvalue weighted by Gasteiger charge is 2.19. The van der Waals surface area contributed by atoms with Crippen LogP contribution in [0.5, 0.6) is 0 Å². The Bertz CT molecular complexity index is 617. The van der Waals surface area contributed by atoms with Crippen LogP contribution in [-0.2, 0) is 0 Å². The Kier molecular flexibility index (Phi) is 2.66. The van der Waals surface area contributed by atoms with E-state index in [4.69, 9.17) is 4.42 Å². The molecular weight excluding hydrogens is 230 g/mol. The minimum Gasteiger partial charge on any atom is -0.466 e. The molecule has 0 aliphatic carbocycles. The Morgan fingerprint density at radius 2 is 1.94 bits per heavy atom. The van der Waals surface area contributed by atoms with Crippen molar-refractivity contribution >= 4 is 0 Å². The van der Waals surface area contributed by atoms with Crippen molar-refractivity contribution in [3.8, 4) is 5.69 Å². The standard InChI is InChI=1S/C13H11N3O2/c17-13(12-7-4-8-18-12)11-9-14-15-16(11)10-5-2-1-3-6-10/h1-9,13,17H. The van der Waals surface area contributed by atoms with Gasteiger partial charge in [0, 0.05) is 0 Å². The maximum absolute atomic E-state index is 10.2. The quantitative estimate of drug-likeness (QED) is 0.761. The maximum Gasteiger partial charge on any atom is 0.155 e. The van der Waals surface area contributed by atoms with E-state index in [1.807, 2.05) is 30.3 Å². The fourth-order valence-corrected chi connectivity index (χ4v) is 1.79. The summed E-state index contributed by atoms with van der Waals surface area (Å²) in [4.78, 5) is 0. The van der Waals surface area contributed by atoms with Crippen molar-refractivity contribution in [3.05, 3.63) is 66.4 Å². The van der Waals surface area contributed by atoms with E-state index in [0.29, 0.717) is 11.5 Å². The number of nitrogens with zero attached hydrogens (tertiary/aromatic N) is 3. The van der Waals surface area contributed by atoms with Gasteiger partial charge in [0.15, 0.2) is 6.10 Å². The van der Waals surface area contributed by atoms with Crippen LogP contribution in [0, 0.1) is 0 Å². The maximum atomic E-state index is 10.2. The molecule has 0 fully saturated rings. The van der Waals surface area contributed by atoms with Crippen molar-refractivity contribution in [1.82, 2.24) is 15.0 Å². The minimum atomic E-state index is -0.879. The predicted octanol–water partition coefficient (Wildman–Crippen LogP) is 1.94. The molecule has 3 rings (SSSR count). The van der Waals surface area contributed by atoms with Gasteiger partial charge in [0.2, 0.25) is 0 Å². The lowest BCUT2D eigenvalue weighted by atomic mass is 10.2. The predicted molar refractivity (Wildman–Crippen MR) is 64.1 cm³/mol. The zero-order valence-electron chi connectivity index (χ0n) is 9.47. The third-order valence-corrected chi connectivity index (χ3v) is 2.67. The van der Waals surface area contributed by atoms with Gasteiger partial charge < -0.3 is 9.52 Å². The number of aromatic nitrogens is 3. The lowest BCUT2D eigenvalue weighted by Crippen LogP contribution is -2.07. The topological polar surface area (TPSA) is 64.1 Å². The third-order valence-electron chi connectivity index (χ3n) is 2.67. The van der Waals surface area contributed by atoms with Gasteiger partial charge in [0.05, 0.1) is 18.1 Å². The summed E-state index contributed by atoms with van der Waals surface area (Å²) in [6.45, 7) is 0. The van der Waals surface area contributed by atoms with Crippen LogP contribution in [0.4, 0.5) is 0 Å². The number of hydrogen-bond donors (Lipinski definition) is 1. The molecule has 1 unspecified atom stereocenters. The molecule has 3 aromatic rings. The van der Waals surface area contributed by atoms with Gasteiger partial charge in [0.1, 0.15) is 11.5 Å². The molecular formula is C13H11N3O2. The van der Waals surface area contributed by atoms with E-state index in [-0.39, 0.29) is 0 Å². The summed E-state index contributed by atoms with van der Waals surface area (Å²) in [6.07, 6.45) is 2.17. The molecule has 1 aromatic carbocycles. The molecule has 18 heavy (non-hydrogen) atoms. The highest BCUT2D eigenvalue weighted by atomic mass is 16.4. The molecule has 0 aliphatic rings. The first kappa shape index (κ1) is 10.7. The van der Waals surface area contributed by atoms with Crippen LogP contribution in [0.25, 0.3) is 5.69 Å². The highest BCUT2D eigenvalue weighted by molar-refractivity contribution is 5.33. The Morgan fingerprint density at radius 3 is 2.67 bits per heavy atom. The number of benzene rings is 1. The van der Waals surface area contributed by atoms with E-state index in [2.05, 4.69) is 10.3 Å². The smallest absolute Gasteiger partial charge is 0.155 e. The second-order valence-electron chi connectivity index (χ2n) is 3.82. The van der Waals surface area contributed by atoms with Crippen LogP contribution < -0.4 is 0 Å². The summed E-state index contributed by atoms with van der Waals surface area (Å²) in [7, 11) is 0. The molecule has 0 saturated heterocycles. The molecule has 0 bridgehead atoms. The van der Waals surface area contributed by atoms with Gasteiger partial charge in [-0.2, -0.15) is 0 Å². The number of hydrogen-bond acceptors (Lipinski definition) is 4. The number of para-hydroxylation sites is 1. The van der Waals surface area contributed by atoms with Crippen molar-refractivity contribution < 1.29 is 9.52 Å². The van der Waals surface area contributed by atoms with Crippen LogP contribution in [0.3, 0.4) is 0 Å². The van der Waals surface area contributed by atoms with E-state index >= 15 is 0 Å². The molecule has 5 heteroatoms. The number of rotatable bonds is 3. The largest absolute Gasteiger partial charge is 0.466 e. The van der Waals surface area contributed by atoms with Crippen molar-refractivity contribution in [2.24, 2.45) is 0 Å². The zero-order chi connectivity index (χ0) is 12.4. The second kappa shape index (κ2) is 4.46. The number of furan rings is 1. The normalized spacial score (nSPS) is 12.5. The summed E-state index contributed by atoms with van der Waals surface area (Å²) < 4.78 is 6.78. The molecule has 0 saturated carbocycles. The summed E-state index contributed by atoms with van der Waals surface area (Å²) in [5.41, 5.74) is 1.41.